The van der Waals surface area contributed by atoms with Gasteiger partial charge in [0.15, 0.2) is 11.6 Å². The third-order valence-electron chi connectivity index (χ3n) is 2.85. The predicted octanol–water partition coefficient (Wildman–Crippen LogP) is 1.98. The van der Waals surface area contributed by atoms with Crippen molar-refractivity contribution in [2.75, 3.05) is 26.0 Å². The van der Waals surface area contributed by atoms with Crippen molar-refractivity contribution < 1.29 is 13.6 Å². The number of hydrogen-bond acceptors (Lipinski definition) is 3. The predicted molar refractivity (Wildman–Crippen MR) is 75.1 cm³/mol. The Labute approximate surface area is 121 Å². The Morgan fingerprint density at radius 2 is 2.10 bits per heavy atom. The fourth-order valence-electron chi connectivity index (χ4n) is 1.69. The van der Waals surface area contributed by atoms with Crippen LogP contribution in [-0.4, -0.2) is 41.2 Å². The van der Waals surface area contributed by atoms with Crippen LogP contribution in [0.5, 0.6) is 0 Å². The van der Waals surface area contributed by atoms with Gasteiger partial charge in [-0.05, 0) is 32.3 Å². The molecule has 1 amide bonds. The molecule has 0 fully saturated rings. The molecule has 0 saturated heterocycles. The van der Waals surface area contributed by atoms with Gasteiger partial charge in [0.05, 0.1) is 18.4 Å². The molecule has 1 heterocycles. The number of anilines is 1. The lowest BCUT2D eigenvalue weighted by Gasteiger charge is -2.08. The lowest BCUT2D eigenvalue weighted by molar-refractivity contribution is 0.102. The minimum absolute atomic E-state index is 0.0509. The number of carbonyl (C=O) groups is 1. The van der Waals surface area contributed by atoms with E-state index in [9.17, 15) is 13.6 Å². The molecule has 1 N–H and O–H groups in total. The van der Waals surface area contributed by atoms with Crippen LogP contribution in [0.3, 0.4) is 0 Å². The summed E-state index contributed by atoms with van der Waals surface area (Å²) in [5.41, 5.74) is 0.554. The first-order valence-corrected chi connectivity index (χ1v) is 6.39. The SMILES string of the molecule is CN(C)CCn1cc(NC(=O)c2ccc(F)c(F)c2)cn1. The third-order valence-corrected chi connectivity index (χ3v) is 2.85. The maximum atomic E-state index is 13.1. The first kappa shape index (κ1) is 15.1. The van der Waals surface area contributed by atoms with Crippen LogP contribution < -0.4 is 5.32 Å². The summed E-state index contributed by atoms with van der Waals surface area (Å²) < 4.78 is 27.6. The number of aromatic nitrogens is 2. The normalized spacial score (nSPS) is 10.9. The summed E-state index contributed by atoms with van der Waals surface area (Å²) in [6.07, 6.45) is 3.19. The zero-order valence-electron chi connectivity index (χ0n) is 11.8. The fourth-order valence-corrected chi connectivity index (χ4v) is 1.69. The molecule has 0 bridgehead atoms. The molecule has 0 unspecified atom stereocenters. The molecule has 0 spiro atoms. The van der Waals surface area contributed by atoms with Crippen LogP contribution in [0.4, 0.5) is 14.5 Å². The molecule has 2 aromatic rings. The summed E-state index contributed by atoms with van der Waals surface area (Å²) in [6, 6.07) is 3.01. The van der Waals surface area contributed by atoms with E-state index < -0.39 is 17.5 Å². The van der Waals surface area contributed by atoms with Crippen molar-refractivity contribution >= 4 is 11.6 Å². The monoisotopic (exact) mass is 294 g/mol. The largest absolute Gasteiger partial charge is 0.319 e. The minimum atomic E-state index is -1.05. The quantitative estimate of drug-likeness (QED) is 0.917. The van der Waals surface area contributed by atoms with Crippen molar-refractivity contribution in [3.05, 3.63) is 47.8 Å². The molecule has 1 aromatic heterocycles. The average Bonchev–Trinajstić information content (AvgIpc) is 2.87. The van der Waals surface area contributed by atoms with Crippen molar-refractivity contribution in [1.29, 1.82) is 0 Å². The number of benzene rings is 1. The molecular formula is C14H16F2N4O. The van der Waals surface area contributed by atoms with E-state index in [2.05, 4.69) is 10.4 Å². The molecule has 7 heteroatoms. The van der Waals surface area contributed by atoms with Crippen molar-refractivity contribution in [3.63, 3.8) is 0 Å². The van der Waals surface area contributed by atoms with Crippen LogP contribution in [0.1, 0.15) is 10.4 Å². The van der Waals surface area contributed by atoms with Gasteiger partial charge in [0.2, 0.25) is 0 Å². The standard InChI is InChI=1S/C14H16F2N4O/c1-19(2)5-6-20-9-11(8-17-20)18-14(21)10-3-4-12(15)13(16)7-10/h3-4,7-9H,5-6H2,1-2H3,(H,18,21). The molecule has 0 aliphatic rings. The average molecular weight is 294 g/mol. The van der Waals surface area contributed by atoms with Crippen LogP contribution >= 0.6 is 0 Å². The minimum Gasteiger partial charge on any atom is -0.319 e. The number of hydrogen-bond donors (Lipinski definition) is 1. The van der Waals surface area contributed by atoms with Crippen molar-refractivity contribution in [2.24, 2.45) is 0 Å². The van der Waals surface area contributed by atoms with E-state index in [0.29, 0.717) is 12.2 Å². The zero-order valence-corrected chi connectivity index (χ0v) is 11.8. The first-order valence-electron chi connectivity index (χ1n) is 6.39. The number of halogens is 2. The maximum Gasteiger partial charge on any atom is 0.255 e. The van der Waals surface area contributed by atoms with E-state index in [1.807, 2.05) is 19.0 Å². The zero-order chi connectivity index (χ0) is 15.4. The van der Waals surface area contributed by atoms with Gasteiger partial charge in [0, 0.05) is 18.3 Å². The van der Waals surface area contributed by atoms with Crippen LogP contribution in [0.15, 0.2) is 30.6 Å². The molecule has 5 nitrogen and oxygen atoms in total. The summed E-state index contributed by atoms with van der Waals surface area (Å²) in [4.78, 5) is 13.9. The Hall–Kier alpha value is -2.28. The summed E-state index contributed by atoms with van der Waals surface area (Å²) in [7, 11) is 3.91. The summed E-state index contributed by atoms with van der Waals surface area (Å²) in [5.74, 6) is -2.55. The second kappa shape index (κ2) is 6.45. The molecule has 21 heavy (non-hydrogen) atoms. The van der Waals surface area contributed by atoms with Crippen LogP contribution in [0.25, 0.3) is 0 Å². The Morgan fingerprint density at radius 1 is 1.33 bits per heavy atom. The van der Waals surface area contributed by atoms with Gasteiger partial charge in [-0.3, -0.25) is 9.48 Å². The summed E-state index contributed by atoms with van der Waals surface area (Å²) in [5, 5.41) is 6.70. The van der Waals surface area contributed by atoms with Crippen LogP contribution in [0, 0.1) is 11.6 Å². The van der Waals surface area contributed by atoms with E-state index in [0.717, 1.165) is 18.7 Å². The Balaban J connectivity index is 2.00. The van der Waals surface area contributed by atoms with E-state index >= 15 is 0 Å². The highest BCUT2D eigenvalue weighted by atomic mass is 19.2. The lowest BCUT2D eigenvalue weighted by Crippen LogP contribution is -2.18. The number of rotatable bonds is 5. The number of likely N-dealkylation sites (N-methyl/N-ethyl adjacent to an activating group) is 1. The van der Waals surface area contributed by atoms with Gasteiger partial charge < -0.3 is 10.2 Å². The summed E-state index contributed by atoms with van der Waals surface area (Å²) in [6.45, 7) is 1.51. The van der Waals surface area contributed by atoms with Crippen LogP contribution in [-0.2, 0) is 6.54 Å². The molecule has 2 rings (SSSR count). The van der Waals surface area contributed by atoms with Crippen molar-refractivity contribution in [1.82, 2.24) is 14.7 Å². The van der Waals surface area contributed by atoms with Gasteiger partial charge >= 0.3 is 0 Å². The second-order valence-electron chi connectivity index (χ2n) is 4.88. The van der Waals surface area contributed by atoms with Crippen LogP contribution in [0.2, 0.25) is 0 Å². The molecule has 0 aliphatic heterocycles. The van der Waals surface area contributed by atoms with Gasteiger partial charge in [-0.1, -0.05) is 0 Å². The second-order valence-corrected chi connectivity index (χ2v) is 4.88. The van der Waals surface area contributed by atoms with Gasteiger partial charge in [-0.2, -0.15) is 5.10 Å². The van der Waals surface area contributed by atoms with Crippen molar-refractivity contribution in [2.45, 2.75) is 6.54 Å². The molecule has 0 radical (unpaired) electrons. The van der Waals surface area contributed by atoms with Gasteiger partial charge in [0.25, 0.3) is 5.91 Å². The summed E-state index contributed by atoms with van der Waals surface area (Å²) >= 11 is 0. The first-order chi connectivity index (χ1) is 9.95. The maximum absolute atomic E-state index is 13.1. The molecular weight excluding hydrogens is 278 g/mol. The highest BCUT2D eigenvalue weighted by Gasteiger charge is 2.11. The van der Waals surface area contributed by atoms with Crippen molar-refractivity contribution in [3.8, 4) is 0 Å². The highest BCUT2D eigenvalue weighted by Crippen LogP contribution is 2.12. The van der Waals surface area contributed by atoms with E-state index in [1.165, 1.54) is 12.3 Å². The Morgan fingerprint density at radius 3 is 2.76 bits per heavy atom. The van der Waals surface area contributed by atoms with Gasteiger partial charge in [-0.15, -0.1) is 0 Å². The number of carbonyl (C=O) groups excluding carboxylic acids is 1. The van der Waals surface area contributed by atoms with Gasteiger partial charge in [-0.25, -0.2) is 8.78 Å². The lowest BCUT2D eigenvalue weighted by atomic mass is 10.2. The fraction of sp³-hybridized carbons (Fsp3) is 0.286. The molecule has 0 saturated carbocycles. The third kappa shape index (κ3) is 4.09. The highest BCUT2D eigenvalue weighted by molar-refractivity contribution is 6.04. The topological polar surface area (TPSA) is 50.2 Å². The number of nitrogens with one attached hydrogen (secondary N) is 1. The van der Waals surface area contributed by atoms with E-state index in [4.69, 9.17) is 0 Å². The Kier molecular flexibility index (Phi) is 4.64. The number of nitrogens with zero attached hydrogens (tertiary/aromatic N) is 3. The molecule has 0 aliphatic carbocycles. The van der Waals surface area contributed by atoms with Gasteiger partial charge in [0.1, 0.15) is 0 Å². The Bertz CT molecular complexity index is 640. The molecule has 0 atom stereocenters. The number of amides is 1. The van der Waals surface area contributed by atoms with E-state index in [-0.39, 0.29) is 5.56 Å². The molecule has 112 valence electrons. The molecule has 1 aromatic carbocycles. The van der Waals surface area contributed by atoms with E-state index in [1.54, 1.807) is 10.9 Å². The smallest absolute Gasteiger partial charge is 0.255 e.